The zero-order valence-electron chi connectivity index (χ0n) is 15.0. The average Bonchev–Trinajstić information content (AvgIpc) is 3.18. The first-order valence-corrected chi connectivity index (χ1v) is 9.53. The van der Waals surface area contributed by atoms with E-state index in [1.54, 1.807) is 6.20 Å². The molecule has 0 saturated heterocycles. The van der Waals surface area contributed by atoms with Crippen molar-refractivity contribution in [2.24, 2.45) is 0 Å². The summed E-state index contributed by atoms with van der Waals surface area (Å²) in [7, 11) is 2.19. The molecule has 1 unspecified atom stereocenters. The minimum absolute atomic E-state index is 0.362. The Hall–Kier alpha value is -2.17. The highest BCUT2D eigenvalue weighted by molar-refractivity contribution is 6.31. The quantitative estimate of drug-likeness (QED) is 0.634. The van der Waals surface area contributed by atoms with Crippen molar-refractivity contribution in [3.8, 4) is 0 Å². The molecule has 0 bridgehead atoms. The third-order valence-electron chi connectivity index (χ3n) is 5.93. The van der Waals surface area contributed by atoms with Gasteiger partial charge >= 0.3 is 0 Å². The van der Waals surface area contributed by atoms with Crippen molar-refractivity contribution in [3.05, 3.63) is 58.1 Å². The molecule has 132 valence electrons. The van der Waals surface area contributed by atoms with Gasteiger partial charge in [0.1, 0.15) is 5.65 Å². The number of nitrogens with zero attached hydrogens (tertiary/aromatic N) is 4. The normalized spacial score (nSPS) is 21.3. The number of rotatable bonds is 1. The van der Waals surface area contributed by atoms with Gasteiger partial charge < -0.3 is 4.57 Å². The van der Waals surface area contributed by atoms with E-state index in [1.165, 1.54) is 33.3 Å². The van der Waals surface area contributed by atoms with Crippen molar-refractivity contribution in [1.29, 1.82) is 0 Å². The van der Waals surface area contributed by atoms with E-state index in [4.69, 9.17) is 16.6 Å². The van der Waals surface area contributed by atoms with Crippen LogP contribution in [0.3, 0.4) is 0 Å². The number of aromatic nitrogens is 3. The monoisotopic (exact) mass is 364 g/mol. The first-order valence-electron chi connectivity index (χ1n) is 9.16. The Morgan fingerprint density at radius 2 is 2.12 bits per heavy atom. The number of likely N-dealkylation sites (N-methyl/N-ethyl adjacent to an activating group) is 1. The molecule has 1 aliphatic carbocycles. The molecule has 4 nitrogen and oxygen atoms in total. The molecule has 0 radical (unpaired) electrons. The third kappa shape index (κ3) is 2.32. The maximum atomic E-state index is 6.28. The van der Waals surface area contributed by atoms with Crippen LogP contribution in [-0.4, -0.2) is 33.0 Å². The van der Waals surface area contributed by atoms with Crippen LogP contribution in [0.25, 0.3) is 22.8 Å². The summed E-state index contributed by atoms with van der Waals surface area (Å²) >= 11 is 6.28. The van der Waals surface area contributed by atoms with Gasteiger partial charge in [-0.1, -0.05) is 11.6 Å². The second-order valence-corrected chi connectivity index (χ2v) is 7.79. The summed E-state index contributed by atoms with van der Waals surface area (Å²) in [4.78, 5) is 11.4. The highest BCUT2D eigenvalue weighted by atomic mass is 35.5. The number of hydrogen-bond donors (Lipinski definition) is 0. The molecule has 0 saturated carbocycles. The Morgan fingerprint density at radius 1 is 1.23 bits per heavy atom. The molecule has 3 aromatic heterocycles. The zero-order valence-corrected chi connectivity index (χ0v) is 15.8. The van der Waals surface area contributed by atoms with Gasteiger partial charge in [-0.25, -0.2) is 4.98 Å². The van der Waals surface area contributed by atoms with Crippen LogP contribution in [-0.2, 0) is 12.8 Å². The van der Waals surface area contributed by atoms with Crippen molar-refractivity contribution in [3.63, 3.8) is 0 Å². The van der Waals surface area contributed by atoms with Crippen LogP contribution in [0, 0.1) is 0 Å². The van der Waals surface area contributed by atoms with Gasteiger partial charge in [0.25, 0.3) is 0 Å². The molecule has 0 aromatic carbocycles. The molecule has 1 aliphatic heterocycles. The Balaban J connectivity index is 1.76. The Bertz CT molecular complexity index is 1050. The fraction of sp³-hybridized carbons (Fsp3) is 0.333. The predicted octanol–water partition coefficient (Wildman–Crippen LogP) is 4.58. The lowest BCUT2D eigenvalue weighted by molar-refractivity contribution is 0.247. The topological polar surface area (TPSA) is 34.0 Å². The lowest BCUT2D eigenvalue weighted by Crippen LogP contribution is -2.30. The summed E-state index contributed by atoms with van der Waals surface area (Å²) in [6.07, 6.45) is 11.1. The Kier molecular flexibility index (Phi) is 3.66. The van der Waals surface area contributed by atoms with E-state index in [0.717, 1.165) is 31.5 Å². The largest absolute Gasteiger partial charge is 0.304 e. The van der Waals surface area contributed by atoms with Gasteiger partial charge in [0.15, 0.2) is 0 Å². The molecule has 2 aliphatic rings. The van der Waals surface area contributed by atoms with E-state index >= 15 is 0 Å². The molecule has 0 amide bonds. The number of aryl methyl sites for hydroxylation is 1. The van der Waals surface area contributed by atoms with Crippen LogP contribution in [0.15, 0.2) is 30.7 Å². The van der Waals surface area contributed by atoms with Gasteiger partial charge in [0, 0.05) is 54.9 Å². The molecule has 1 atom stereocenters. The molecule has 0 spiro atoms. The first kappa shape index (κ1) is 16.0. The first-order chi connectivity index (χ1) is 12.6. The summed E-state index contributed by atoms with van der Waals surface area (Å²) in [6.45, 7) is 3.33. The molecule has 4 heterocycles. The molecule has 5 heteroatoms. The van der Waals surface area contributed by atoms with E-state index in [1.807, 2.05) is 12.4 Å². The Labute approximate surface area is 158 Å². The van der Waals surface area contributed by atoms with Crippen molar-refractivity contribution < 1.29 is 0 Å². The minimum Gasteiger partial charge on any atom is -0.304 e. The van der Waals surface area contributed by atoms with Crippen molar-refractivity contribution in [1.82, 2.24) is 19.4 Å². The number of halogens is 1. The molecular weight excluding hydrogens is 344 g/mol. The number of allylic oxidation sites excluding steroid dienone is 1. The highest BCUT2D eigenvalue weighted by Crippen LogP contribution is 2.39. The number of pyridine rings is 2. The molecule has 0 N–H and O–H groups in total. The van der Waals surface area contributed by atoms with E-state index < -0.39 is 0 Å². The molecule has 0 fully saturated rings. The lowest BCUT2D eigenvalue weighted by atomic mass is 9.98. The predicted molar refractivity (Wildman–Crippen MR) is 106 cm³/mol. The van der Waals surface area contributed by atoms with Gasteiger partial charge in [0.05, 0.1) is 5.02 Å². The summed E-state index contributed by atoms with van der Waals surface area (Å²) in [6, 6.07) is 4.56. The van der Waals surface area contributed by atoms with Crippen molar-refractivity contribution >= 4 is 34.4 Å². The lowest BCUT2D eigenvalue weighted by Gasteiger charge is -2.30. The molecule has 26 heavy (non-hydrogen) atoms. The summed E-state index contributed by atoms with van der Waals surface area (Å²) in [5, 5.41) is 1.87. The van der Waals surface area contributed by atoms with Crippen molar-refractivity contribution in [2.45, 2.75) is 32.2 Å². The molecule has 5 rings (SSSR count). The smallest absolute Gasteiger partial charge is 0.144 e. The average molecular weight is 365 g/mol. The SMILES string of the molecule is CC1c2c(n(C=C3CCc4cnccc43)c3ncc(Cl)cc23)CCN1C. The number of fused-ring (bicyclic) bond motifs is 4. The van der Waals surface area contributed by atoms with E-state index in [0.29, 0.717) is 11.1 Å². The highest BCUT2D eigenvalue weighted by Gasteiger charge is 2.28. The van der Waals surface area contributed by atoms with Crippen LogP contribution >= 0.6 is 11.6 Å². The second kappa shape index (κ2) is 5.93. The van der Waals surface area contributed by atoms with Crippen LogP contribution in [0.2, 0.25) is 5.02 Å². The van der Waals surface area contributed by atoms with Gasteiger partial charge in [-0.15, -0.1) is 0 Å². The standard InChI is InChI=1S/C21H21ClN4/c1-13-20-18-9-16(22)11-24-21(18)26(19(20)6-8-25(13)2)12-15-4-3-14-10-23-7-5-17(14)15/h5,7,9-13H,3-4,6,8H2,1-2H3. The summed E-state index contributed by atoms with van der Waals surface area (Å²) in [5.41, 5.74) is 7.78. The van der Waals surface area contributed by atoms with Gasteiger partial charge in [-0.2, -0.15) is 0 Å². The minimum atomic E-state index is 0.362. The maximum absolute atomic E-state index is 6.28. The summed E-state index contributed by atoms with van der Waals surface area (Å²) < 4.78 is 2.31. The van der Waals surface area contributed by atoms with Crippen molar-refractivity contribution in [2.75, 3.05) is 13.6 Å². The second-order valence-electron chi connectivity index (χ2n) is 7.35. The third-order valence-corrected chi connectivity index (χ3v) is 6.14. The molecule has 3 aromatic rings. The Morgan fingerprint density at radius 3 is 3.00 bits per heavy atom. The van der Waals surface area contributed by atoms with Gasteiger partial charge in [-0.05, 0) is 61.2 Å². The van der Waals surface area contributed by atoms with E-state index in [9.17, 15) is 0 Å². The molecular formula is C21H21ClN4. The van der Waals surface area contributed by atoms with Crippen LogP contribution < -0.4 is 0 Å². The maximum Gasteiger partial charge on any atom is 0.144 e. The summed E-state index contributed by atoms with van der Waals surface area (Å²) in [5.74, 6) is 0. The van der Waals surface area contributed by atoms with Crippen LogP contribution in [0.5, 0.6) is 0 Å². The fourth-order valence-electron chi connectivity index (χ4n) is 4.43. The van der Waals surface area contributed by atoms with Crippen LogP contribution in [0.4, 0.5) is 0 Å². The fourth-order valence-corrected chi connectivity index (χ4v) is 4.58. The van der Waals surface area contributed by atoms with Crippen LogP contribution in [0.1, 0.15) is 41.8 Å². The zero-order chi connectivity index (χ0) is 17.8. The van der Waals surface area contributed by atoms with Gasteiger partial charge in [-0.3, -0.25) is 9.88 Å². The van der Waals surface area contributed by atoms with Gasteiger partial charge in [0.2, 0.25) is 0 Å². The van der Waals surface area contributed by atoms with E-state index in [2.05, 4.69) is 46.8 Å². The van der Waals surface area contributed by atoms with E-state index in [-0.39, 0.29) is 0 Å². The number of hydrogen-bond acceptors (Lipinski definition) is 3.